The molecule has 0 aliphatic carbocycles. The van der Waals surface area contributed by atoms with Crippen molar-refractivity contribution in [2.45, 2.75) is 18.9 Å². The maximum absolute atomic E-state index is 13.3. The second-order valence-electron chi connectivity index (χ2n) is 3.83. The maximum Gasteiger partial charge on any atom is 0.195 e. The molecule has 0 spiro atoms. The summed E-state index contributed by atoms with van der Waals surface area (Å²) in [4.78, 5) is 12.1. The van der Waals surface area contributed by atoms with Crippen molar-refractivity contribution in [1.82, 2.24) is 0 Å². The van der Waals surface area contributed by atoms with Crippen LogP contribution in [-0.2, 0) is 4.74 Å². The molecule has 0 amide bonds. The summed E-state index contributed by atoms with van der Waals surface area (Å²) < 4.78 is 23.9. The van der Waals surface area contributed by atoms with Gasteiger partial charge in [0.1, 0.15) is 17.7 Å². The molecule has 0 radical (unpaired) electrons. The van der Waals surface area contributed by atoms with E-state index in [-0.39, 0.29) is 16.0 Å². The van der Waals surface area contributed by atoms with E-state index >= 15 is 0 Å². The third-order valence-electron chi connectivity index (χ3n) is 2.73. The quantitative estimate of drug-likeness (QED) is 0.805. The Kier molecular flexibility index (Phi) is 3.79. The standard InChI is InChI=1S/C12H12BrFO3/c1-16-11-6-9(14)8(13)5-7(11)12(15)10-3-2-4-17-10/h5-6,10H,2-4H2,1H3. The van der Waals surface area contributed by atoms with Gasteiger partial charge in [0.15, 0.2) is 5.78 Å². The number of carbonyl (C=O) groups excluding carboxylic acids is 1. The van der Waals surface area contributed by atoms with E-state index in [1.807, 2.05) is 0 Å². The fourth-order valence-corrected chi connectivity index (χ4v) is 2.19. The summed E-state index contributed by atoms with van der Waals surface area (Å²) in [6.07, 6.45) is 1.15. The Morgan fingerprint density at radius 2 is 2.35 bits per heavy atom. The van der Waals surface area contributed by atoms with Gasteiger partial charge in [-0.1, -0.05) is 0 Å². The Morgan fingerprint density at radius 1 is 1.59 bits per heavy atom. The highest BCUT2D eigenvalue weighted by atomic mass is 79.9. The average Bonchev–Trinajstić information content (AvgIpc) is 2.84. The van der Waals surface area contributed by atoms with E-state index in [2.05, 4.69) is 15.9 Å². The second kappa shape index (κ2) is 5.14. The van der Waals surface area contributed by atoms with Crippen molar-refractivity contribution in [3.05, 3.63) is 28.0 Å². The van der Waals surface area contributed by atoms with Crippen LogP contribution in [0, 0.1) is 5.82 Å². The molecular weight excluding hydrogens is 291 g/mol. The van der Waals surface area contributed by atoms with Crippen LogP contribution >= 0.6 is 15.9 Å². The van der Waals surface area contributed by atoms with Crippen LogP contribution in [0.4, 0.5) is 4.39 Å². The van der Waals surface area contributed by atoms with Gasteiger partial charge >= 0.3 is 0 Å². The van der Waals surface area contributed by atoms with E-state index < -0.39 is 11.9 Å². The summed E-state index contributed by atoms with van der Waals surface area (Å²) in [5, 5.41) is 0. The first kappa shape index (κ1) is 12.5. The van der Waals surface area contributed by atoms with Crippen LogP contribution in [-0.4, -0.2) is 25.6 Å². The van der Waals surface area contributed by atoms with E-state index in [0.717, 1.165) is 6.42 Å². The van der Waals surface area contributed by atoms with Crippen LogP contribution in [0.15, 0.2) is 16.6 Å². The van der Waals surface area contributed by atoms with Gasteiger partial charge in [-0.25, -0.2) is 4.39 Å². The van der Waals surface area contributed by atoms with Gasteiger partial charge in [-0.15, -0.1) is 0 Å². The number of ketones is 1. The molecule has 1 aliphatic heterocycles. The van der Waals surface area contributed by atoms with Crippen molar-refractivity contribution in [2.75, 3.05) is 13.7 Å². The minimum atomic E-state index is -0.453. The summed E-state index contributed by atoms with van der Waals surface area (Å²) >= 11 is 3.06. The fourth-order valence-electron chi connectivity index (χ4n) is 1.85. The van der Waals surface area contributed by atoms with Crippen molar-refractivity contribution < 1.29 is 18.7 Å². The molecule has 0 bridgehead atoms. The molecule has 1 aliphatic rings. The molecular formula is C12H12BrFO3. The minimum absolute atomic E-state index is 0.153. The third-order valence-corrected chi connectivity index (χ3v) is 3.34. The van der Waals surface area contributed by atoms with Crippen molar-refractivity contribution >= 4 is 21.7 Å². The Hall–Kier alpha value is -0.940. The molecule has 5 heteroatoms. The van der Waals surface area contributed by atoms with Crippen LogP contribution < -0.4 is 4.74 Å². The van der Waals surface area contributed by atoms with Gasteiger partial charge in [0.05, 0.1) is 17.1 Å². The Balaban J connectivity index is 2.36. The molecule has 3 nitrogen and oxygen atoms in total. The van der Waals surface area contributed by atoms with E-state index in [1.165, 1.54) is 19.2 Å². The highest BCUT2D eigenvalue weighted by molar-refractivity contribution is 9.10. The van der Waals surface area contributed by atoms with Crippen molar-refractivity contribution in [3.63, 3.8) is 0 Å². The zero-order valence-electron chi connectivity index (χ0n) is 9.33. The summed E-state index contributed by atoms with van der Waals surface area (Å²) in [6, 6.07) is 2.64. The van der Waals surface area contributed by atoms with Crippen molar-refractivity contribution in [1.29, 1.82) is 0 Å². The molecule has 92 valence electrons. The lowest BCUT2D eigenvalue weighted by Crippen LogP contribution is -2.20. The van der Waals surface area contributed by atoms with Crippen molar-refractivity contribution in [3.8, 4) is 5.75 Å². The van der Waals surface area contributed by atoms with Gasteiger partial charge in [-0.3, -0.25) is 4.79 Å². The molecule has 1 aromatic carbocycles. The molecule has 1 saturated heterocycles. The number of carbonyl (C=O) groups is 1. The van der Waals surface area contributed by atoms with E-state index in [9.17, 15) is 9.18 Å². The Labute approximate surface area is 107 Å². The molecule has 1 aromatic rings. The topological polar surface area (TPSA) is 35.5 Å². The van der Waals surface area contributed by atoms with Gasteiger partial charge in [-0.2, -0.15) is 0 Å². The summed E-state index contributed by atoms with van der Waals surface area (Å²) in [6.45, 7) is 0.598. The number of Topliss-reactive ketones (excluding diaryl/α,β-unsaturated/α-hetero) is 1. The SMILES string of the molecule is COc1cc(F)c(Br)cc1C(=O)C1CCCO1. The van der Waals surface area contributed by atoms with Gasteiger partial charge in [0.25, 0.3) is 0 Å². The molecule has 1 atom stereocenters. The lowest BCUT2D eigenvalue weighted by atomic mass is 10.0. The summed E-state index contributed by atoms with van der Waals surface area (Å²) in [7, 11) is 1.41. The summed E-state index contributed by atoms with van der Waals surface area (Å²) in [5.74, 6) is -0.364. The molecule has 1 fully saturated rings. The number of halogens is 2. The molecule has 1 heterocycles. The van der Waals surface area contributed by atoms with Gasteiger partial charge in [0.2, 0.25) is 0 Å². The monoisotopic (exact) mass is 302 g/mol. The number of hydrogen-bond donors (Lipinski definition) is 0. The predicted molar refractivity (Wildman–Crippen MR) is 64.0 cm³/mol. The van der Waals surface area contributed by atoms with Crippen LogP contribution in [0.25, 0.3) is 0 Å². The van der Waals surface area contributed by atoms with Crippen LogP contribution in [0.5, 0.6) is 5.75 Å². The normalized spacial score (nSPS) is 19.4. The molecule has 2 rings (SSSR count). The third kappa shape index (κ3) is 2.50. The highest BCUT2D eigenvalue weighted by Gasteiger charge is 2.27. The van der Waals surface area contributed by atoms with Gasteiger partial charge in [-0.05, 0) is 34.8 Å². The smallest absolute Gasteiger partial charge is 0.195 e. The fraction of sp³-hybridized carbons (Fsp3) is 0.417. The molecule has 17 heavy (non-hydrogen) atoms. The first-order valence-corrected chi connectivity index (χ1v) is 6.11. The average molecular weight is 303 g/mol. The van der Waals surface area contributed by atoms with E-state index in [0.29, 0.717) is 18.6 Å². The van der Waals surface area contributed by atoms with Crippen LogP contribution in [0.2, 0.25) is 0 Å². The van der Waals surface area contributed by atoms with E-state index in [1.54, 1.807) is 0 Å². The number of benzene rings is 1. The zero-order valence-corrected chi connectivity index (χ0v) is 10.9. The minimum Gasteiger partial charge on any atom is -0.496 e. The number of methoxy groups -OCH3 is 1. The number of rotatable bonds is 3. The number of hydrogen-bond acceptors (Lipinski definition) is 3. The largest absolute Gasteiger partial charge is 0.496 e. The van der Waals surface area contributed by atoms with Crippen LogP contribution in [0.3, 0.4) is 0 Å². The molecule has 0 N–H and O–H groups in total. The van der Waals surface area contributed by atoms with E-state index in [4.69, 9.17) is 9.47 Å². The second-order valence-corrected chi connectivity index (χ2v) is 4.69. The Bertz CT molecular complexity index is 442. The number of ether oxygens (including phenoxy) is 2. The summed E-state index contributed by atoms with van der Waals surface area (Å²) in [5.41, 5.74) is 0.354. The van der Waals surface area contributed by atoms with Crippen molar-refractivity contribution in [2.24, 2.45) is 0 Å². The van der Waals surface area contributed by atoms with Gasteiger partial charge < -0.3 is 9.47 Å². The molecule has 1 unspecified atom stereocenters. The molecule has 0 aromatic heterocycles. The molecule has 0 saturated carbocycles. The lowest BCUT2D eigenvalue weighted by Gasteiger charge is -2.12. The lowest BCUT2D eigenvalue weighted by molar-refractivity contribution is 0.0640. The highest BCUT2D eigenvalue weighted by Crippen LogP contribution is 2.29. The first-order valence-electron chi connectivity index (χ1n) is 5.32. The first-order chi connectivity index (χ1) is 8.13. The predicted octanol–water partition coefficient (Wildman–Crippen LogP) is 2.96. The van der Waals surface area contributed by atoms with Crippen LogP contribution in [0.1, 0.15) is 23.2 Å². The zero-order chi connectivity index (χ0) is 12.4. The maximum atomic E-state index is 13.3. The van der Waals surface area contributed by atoms with Gasteiger partial charge in [0, 0.05) is 12.7 Å². The Morgan fingerprint density at radius 3 is 2.94 bits per heavy atom.